The number of urea groups is 1. The molecular formula is C27H33N3O6. The van der Waals surface area contributed by atoms with Gasteiger partial charge in [-0.15, -0.1) is 0 Å². The first-order valence-corrected chi connectivity index (χ1v) is 12.5. The zero-order chi connectivity index (χ0) is 25.5. The summed E-state index contributed by atoms with van der Waals surface area (Å²) < 4.78 is 11.2. The standard InChI is InChI=1S/C27H33N3O6/c1-2-35-24-5-3-4-21(16-24)28-26(33)29-22-9-8-20-17-30(13-12-19(20)15-22)27(34)36-23-10-6-18(7-11-23)14-25(31)32/h3-5,8-9,15-16,18,23H,2,6-7,10-14,17H2,1H3,(H,31,32)(H2,28,29,33). The van der Waals surface area contributed by atoms with Gasteiger partial charge >= 0.3 is 18.1 Å². The molecule has 1 saturated carbocycles. The van der Waals surface area contributed by atoms with E-state index < -0.39 is 5.97 Å². The van der Waals surface area contributed by atoms with Gasteiger partial charge in [0, 0.05) is 37.0 Å². The molecule has 1 aliphatic carbocycles. The Hall–Kier alpha value is -3.75. The molecule has 1 fully saturated rings. The molecule has 0 saturated heterocycles. The van der Waals surface area contributed by atoms with Crippen LogP contribution in [0.1, 0.15) is 50.2 Å². The monoisotopic (exact) mass is 495 g/mol. The third-order valence-corrected chi connectivity index (χ3v) is 6.66. The van der Waals surface area contributed by atoms with Gasteiger partial charge in [0.05, 0.1) is 6.61 Å². The number of hydrogen-bond donors (Lipinski definition) is 3. The highest BCUT2D eigenvalue weighted by atomic mass is 16.6. The predicted molar refractivity (Wildman–Crippen MR) is 135 cm³/mol. The molecule has 0 atom stereocenters. The van der Waals surface area contributed by atoms with E-state index in [1.54, 1.807) is 17.0 Å². The molecule has 0 spiro atoms. The first-order chi connectivity index (χ1) is 17.4. The average molecular weight is 496 g/mol. The Morgan fingerprint density at radius 2 is 1.75 bits per heavy atom. The number of anilines is 2. The van der Waals surface area contributed by atoms with Crippen LogP contribution in [0.3, 0.4) is 0 Å². The average Bonchev–Trinajstić information content (AvgIpc) is 2.85. The number of aliphatic carboxylic acids is 1. The van der Waals surface area contributed by atoms with Crippen LogP contribution in [0.4, 0.5) is 21.0 Å². The Balaban J connectivity index is 1.27. The predicted octanol–water partition coefficient (Wildman–Crippen LogP) is 5.26. The van der Waals surface area contributed by atoms with Gasteiger partial charge in [-0.25, -0.2) is 9.59 Å². The van der Waals surface area contributed by atoms with Crippen LogP contribution in [0, 0.1) is 5.92 Å². The molecule has 1 heterocycles. The molecular weight excluding hydrogens is 462 g/mol. The van der Waals surface area contributed by atoms with E-state index in [0.29, 0.717) is 56.1 Å². The van der Waals surface area contributed by atoms with Crippen molar-refractivity contribution in [2.45, 2.75) is 58.1 Å². The van der Waals surface area contributed by atoms with Gasteiger partial charge in [0.2, 0.25) is 0 Å². The van der Waals surface area contributed by atoms with Gasteiger partial charge in [0.25, 0.3) is 0 Å². The number of fused-ring (bicyclic) bond motifs is 1. The number of amides is 3. The third-order valence-electron chi connectivity index (χ3n) is 6.66. The molecule has 192 valence electrons. The summed E-state index contributed by atoms with van der Waals surface area (Å²) >= 11 is 0. The Morgan fingerprint density at radius 3 is 2.47 bits per heavy atom. The second kappa shape index (κ2) is 11.8. The SMILES string of the molecule is CCOc1cccc(NC(=O)Nc2ccc3c(c2)CCN(C(=O)OC2CCC(CC(=O)O)CC2)C3)c1. The summed E-state index contributed by atoms with van der Waals surface area (Å²) in [7, 11) is 0. The second-order valence-electron chi connectivity index (χ2n) is 9.32. The van der Waals surface area contributed by atoms with Crippen LogP contribution in [-0.2, 0) is 22.5 Å². The number of ether oxygens (including phenoxy) is 2. The molecule has 2 aromatic rings. The maximum absolute atomic E-state index is 12.7. The van der Waals surface area contributed by atoms with Crippen molar-refractivity contribution in [3.05, 3.63) is 53.6 Å². The molecule has 9 nitrogen and oxygen atoms in total. The van der Waals surface area contributed by atoms with Crippen LogP contribution in [0.15, 0.2) is 42.5 Å². The summed E-state index contributed by atoms with van der Waals surface area (Å²) in [5.41, 5.74) is 3.44. The van der Waals surface area contributed by atoms with Crippen LogP contribution in [0.5, 0.6) is 5.75 Å². The lowest BCUT2D eigenvalue weighted by atomic mass is 9.85. The Morgan fingerprint density at radius 1 is 1.00 bits per heavy atom. The van der Waals surface area contributed by atoms with E-state index in [-0.39, 0.29) is 30.6 Å². The third kappa shape index (κ3) is 6.90. The largest absolute Gasteiger partial charge is 0.494 e. The highest BCUT2D eigenvalue weighted by molar-refractivity contribution is 5.99. The summed E-state index contributed by atoms with van der Waals surface area (Å²) in [5, 5.41) is 14.6. The molecule has 9 heteroatoms. The fourth-order valence-corrected chi connectivity index (χ4v) is 4.83. The maximum atomic E-state index is 12.7. The van der Waals surface area contributed by atoms with Crippen LogP contribution >= 0.6 is 0 Å². The van der Waals surface area contributed by atoms with Crippen molar-refractivity contribution in [3.8, 4) is 5.75 Å². The molecule has 36 heavy (non-hydrogen) atoms. The summed E-state index contributed by atoms with van der Waals surface area (Å²) in [6, 6.07) is 12.6. The molecule has 0 radical (unpaired) electrons. The number of nitrogens with zero attached hydrogens (tertiary/aromatic N) is 1. The van der Waals surface area contributed by atoms with Crippen LogP contribution in [-0.4, -0.2) is 47.4 Å². The minimum absolute atomic E-state index is 0.150. The van der Waals surface area contributed by atoms with Crippen LogP contribution < -0.4 is 15.4 Å². The first kappa shape index (κ1) is 25.3. The van der Waals surface area contributed by atoms with Crippen molar-refractivity contribution in [1.82, 2.24) is 4.90 Å². The van der Waals surface area contributed by atoms with Crippen LogP contribution in [0.2, 0.25) is 0 Å². The van der Waals surface area contributed by atoms with E-state index in [9.17, 15) is 14.4 Å². The molecule has 4 rings (SSSR count). The minimum atomic E-state index is -0.770. The van der Waals surface area contributed by atoms with Gasteiger partial charge < -0.3 is 30.1 Å². The highest BCUT2D eigenvalue weighted by Gasteiger charge is 2.28. The lowest BCUT2D eigenvalue weighted by Crippen LogP contribution is -2.39. The summed E-state index contributed by atoms with van der Waals surface area (Å²) in [5.74, 6) is 0.0937. The molecule has 3 N–H and O–H groups in total. The zero-order valence-corrected chi connectivity index (χ0v) is 20.5. The molecule has 3 amide bonds. The van der Waals surface area contributed by atoms with Crippen molar-refractivity contribution in [2.24, 2.45) is 5.92 Å². The Bertz CT molecular complexity index is 1100. The normalized spacial score (nSPS) is 19.1. The zero-order valence-electron chi connectivity index (χ0n) is 20.5. The van der Waals surface area contributed by atoms with Crippen molar-refractivity contribution in [2.75, 3.05) is 23.8 Å². The highest BCUT2D eigenvalue weighted by Crippen LogP contribution is 2.30. The number of carboxylic acid groups (broad SMARTS) is 1. The molecule has 2 aliphatic rings. The Kier molecular flexibility index (Phi) is 8.30. The smallest absolute Gasteiger partial charge is 0.410 e. The van der Waals surface area contributed by atoms with Crippen LogP contribution in [0.25, 0.3) is 0 Å². The molecule has 2 aromatic carbocycles. The number of rotatable bonds is 7. The van der Waals surface area contributed by atoms with Gasteiger partial charge in [0.15, 0.2) is 0 Å². The number of benzene rings is 2. The second-order valence-corrected chi connectivity index (χ2v) is 9.32. The van der Waals surface area contributed by atoms with Crippen molar-refractivity contribution in [3.63, 3.8) is 0 Å². The molecule has 0 bridgehead atoms. The van der Waals surface area contributed by atoms with Gasteiger partial charge in [-0.2, -0.15) is 0 Å². The number of hydrogen-bond acceptors (Lipinski definition) is 5. The summed E-state index contributed by atoms with van der Waals surface area (Å²) in [6.45, 7) is 3.46. The maximum Gasteiger partial charge on any atom is 0.410 e. The van der Waals surface area contributed by atoms with E-state index in [2.05, 4.69) is 10.6 Å². The van der Waals surface area contributed by atoms with Gasteiger partial charge in [-0.05, 0) is 80.3 Å². The summed E-state index contributed by atoms with van der Waals surface area (Å²) in [4.78, 5) is 37.8. The topological polar surface area (TPSA) is 117 Å². The minimum Gasteiger partial charge on any atom is -0.494 e. The first-order valence-electron chi connectivity index (χ1n) is 12.5. The van der Waals surface area contributed by atoms with Gasteiger partial charge in [-0.1, -0.05) is 12.1 Å². The van der Waals surface area contributed by atoms with E-state index in [1.165, 1.54) is 0 Å². The fraction of sp³-hybridized carbons (Fsp3) is 0.444. The van der Waals surface area contributed by atoms with Gasteiger partial charge in [-0.3, -0.25) is 4.79 Å². The molecule has 0 aromatic heterocycles. The van der Waals surface area contributed by atoms with E-state index in [1.807, 2.05) is 37.3 Å². The fourth-order valence-electron chi connectivity index (χ4n) is 4.83. The van der Waals surface area contributed by atoms with Gasteiger partial charge in [0.1, 0.15) is 11.9 Å². The lowest BCUT2D eigenvalue weighted by molar-refractivity contribution is -0.138. The van der Waals surface area contributed by atoms with E-state index in [0.717, 1.165) is 24.0 Å². The molecule has 0 unspecified atom stereocenters. The number of carboxylic acids is 1. The molecule has 1 aliphatic heterocycles. The summed E-state index contributed by atoms with van der Waals surface area (Å²) in [6.07, 6.45) is 3.35. The number of carbonyl (C=O) groups is 3. The van der Waals surface area contributed by atoms with E-state index in [4.69, 9.17) is 14.6 Å². The number of nitrogens with one attached hydrogen (secondary N) is 2. The quantitative estimate of drug-likeness (QED) is 0.483. The van der Waals surface area contributed by atoms with E-state index >= 15 is 0 Å². The van der Waals surface area contributed by atoms with Crippen molar-refractivity contribution >= 4 is 29.5 Å². The lowest BCUT2D eigenvalue weighted by Gasteiger charge is -2.32. The van der Waals surface area contributed by atoms with Crippen molar-refractivity contribution < 1.29 is 29.0 Å². The number of carbonyl (C=O) groups excluding carboxylic acids is 2. The Labute approximate surface area is 210 Å². The van der Waals surface area contributed by atoms with Crippen molar-refractivity contribution in [1.29, 1.82) is 0 Å².